The van der Waals surface area contributed by atoms with Crippen LogP contribution in [0.1, 0.15) is 28.6 Å². The molecule has 1 aromatic carbocycles. The second kappa shape index (κ2) is 5.99. The predicted molar refractivity (Wildman–Crippen MR) is 74.8 cm³/mol. The summed E-state index contributed by atoms with van der Waals surface area (Å²) in [6, 6.07) is 4.10. The number of aliphatic hydroxyl groups excluding tert-OH is 1. The Bertz CT molecular complexity index is 723. The van der Waals surface area contributed by atoms with E-state index in [1.807, 2.05) is 0 Å². The number of aryl methyl sites for hydroxylation is 1. The van der Waals surface area contributed by atoms with Gasteiger partial charge in [0.15, 0.2) is 0 Å². The molecule has 0 aliphatic heterocycles. The summed E-state index contributed by atoms with van der Waals surface area (Å²) in [5.41, 5.74) is -0.182. The van der Waals surface area contributed by atoms with Gasteiger partial charge in [-0.05, 0) is 31.5 Å². The maximum Gasteiger partial charge on any atom is 0.416 e. The monoisotopic (exact) mass is 329 g/mol. The minimum Gasteiger partial charge on any atom is -0.386 e. The third-order valence-corrected chi connectivity index (χ3v) is 3.49. The number of aromatic nitrogens is 2. The average Bonchev–Trinajstić information content (AvgIpc) is 2.72. The van der Waals surface area contributed by atoms with Crippen LogP contribution in [0.2, 0.25) is 0 Å². The van der Waals surface area contributed by atoms with Crippen molar-refractivity contribution in [1.82, 2.24) is 9.78 Å². The molecule has 2 rings (SSSR count). The maximum atomic E-state index is 12.5. The van der Waals surface area contributed by atoms with Gasteiger partial charge in [-0.2, -0.15) is 18.3 Å². The largest absolute Gasteiger partial charge is 0.416 e. The number of halogens is 3. The first kappa shape index (κ1) is 16.9. The van der Waals surface area contributed by atoms with Crippen molar-refractivity contribution in [3.63, 3.8) is 0 Å². The molecule has 23 heavy (non-hydrogen) atoms. The Morgan fingerprint density at radius 3 is 2.30 bits per heavy atom. The molecule has 1 unspecified atom stereocenters. The van der Waals surface area contributed by atoms with Gasteiger partial charge in [-0.3, -0.25) is 14.8 Å². The zero-order valence-corrected chi connectivity index (χ0v) is 12.3. The highest BCUT2D eigenvalue weighted by Gasteiger charge is 2.30. The van der Waals surface area contributed by atoms with Crippen molar-refractivity contribution in [3.05, 3.63) is 56.9 Å². The van der Waals surface area contributed by atoms with Crippen molar-refractivity contribution < 1.29 is 23.2 Å². The van der Waals surface area contributed by atoms with Gasteiger partial charge in [-0.1, -0.05) is 12.1 Å². The third kappa shape index (κ3) is 3.50. The molecule has 0 aliphatic rings. The number of aliphatic hydroxyl groups is 1. The Morgan fingerprint density at radius 1 is 1.30 bits per heavy atom. The van der Waals surface area contributed by atoms with Crippen LogP contribution < -0.4 is 0 Å². The van der Waals surface area contributed by atoms with E-state index in [0.717, 1.165) is 12.1 Å². The van der Waals surface area contributed by atoms with Crippen molar-refractivity contribution >= 4 is 5.69 Å². The van der Waals surface area contributed by atoms with Crippen LogP contribution >= 0.6 is 0 Å². The Kier molecular flexibility index (Phi) is 4.42. The van der Waals surface area contributed by atoms with E-state index in [1.165, 1.54) is 30.7 Å². The second-order valence-corrected chi connectivity index (χ2v) is 5.09. The number of hydrogen-bond acceptors (Lipinski definition) is 4. The minimum absolute atomic E-state index is 0.0914. The molecule has 1 N–H and O–H groups in total. The first-order chi connectivity index (χ1) is 10.6. The molecular formula is C14H14F3N3O3. The molecule has 0 saturated heterocycles. The predicted octanol–water partition coefficient (Wildman–Crippen LogP) is 3.16. The Labute approximate surface area is 129 Å². The first-order valence-electron chi connectivity index (χ1n) is 6.65. The number of rotatable bonds is 4. The van der Waals surface area contributed by atoms with Crippen molar-refractivity contribution in [1.29, 1.82) is 0 Å². The number of nitrogens with zero attached hydrogens (tertiary/aromatic N) is 3. The summed E-state index contributed by atoms with van der Waals surface area (Å²) < 4.78 is 38.8. The molecule has 1 heterocycles. The highest BCUT2D eigenvalue weighted by molar-refractivity contribution is 5.39. The van der Waals surface area contributed by atoms with Crippen molar-refractivity contribution in [2.75, 3.05) is 0 Å². The molecule has 0 saturated carbocycles. The van der Waals surface area contributed by atoms with Gasteiger partial charge in [0.1, 0.15) is 11.4 Å². The summed E-state index contributed by atoms with van der Waals surface area (Å²) in [5, 5.41) is 25.0. The fourth-order valence-electron chi connectivity index (χ4n) is 2.29. The molecule has 0 radical (unpaired) electrons. The Morgan fingerprint density at radius 2 is 1.87 bits per heavy atom. The van der Waals surface area contributed by atoms with Crippen LogP contribution in [0.15, 0.2) is 24.3 Å². The van der Waals surface area contributed by atoms with E-state index in [1.54, 1.807) is 0 Å². The van der Waals surface area contributed by atoms with E-state index >= 15 is 0 Å². The fraction of sp³-hybridized carbons (Fsp3) is 0.357. The topological polar surface area (TPSA) is 81.2 Å². The highest BCUT2D eigenvalue weighted by atomic mass is 19.4. The van der Waals surface area contributed by atoms with Crippen LogP contribution in [0.5, 0.6) is 0 Å². The summed E-state index contributed by atoms with van der Waals surface area (Å²) in [6.45, 7) is 2.88. The van der Waals surface area contributed by atoms with Gasteiger partial charge in [-0.15, -0.1) is 0 Å². The van der Waals surface area contributed by atoms with Crippen LogP contribution in [0, 0.1) is 24.0 Å². The molecule has 0 bridgehead atoms. The van der Waals surface area contributed by atoms with E-state index in [0.29, 0.717) is 0 Å². The molecule has 6 nitrogen and oxygen atoms in total. The van der Waals surface area contributed by atoms with Crippen LogP contribution in [-0.4, -0.2) is 19.8 Å². The van der Waals surface area contributed by atoms with Gasteiger partial charge >= 0.3 is 11.9 Å². The van der Waals surface area contributed by atoms with Crippen LogP contribution in [0.3, 0.4) is 0 Å². The van der Waals surface area contributed by atoms with Gasteiger partial charge in [0, 0.05) is 0 Å². The van der Waals surface area contributed by atoms with Crippen molar-refractivity contribution in [3.8, 4) is 0 Å². The smallest absolute Gasteiger partial charge is 0.386 e. The molecule has 1 aromatic heterocycles. The van der Waals surface area contributed by atoms with Crippen LogP contribution in [-0.2, 0) is 12.7 Å². The zero-order chi connectivity index (χ0) is 17.4. The van der Waals surface area contributed by atoms with E-state index in [2.05, 4.69) is 5.10 Å². The fourth-order valence-corrected chi connectivity index (χ4v) is 2.29. The van der Waals surface area contributed by atoms with Crippen LogP contribution in [0.25, 0.3) is 0 Å². The van der Waals surface area contributed by atoms with Crippen molar-refractivity contribution in [2.45, 2.75) is 32.7 Å². The molecule has 2 aromatic rings. The molecule has 0 aliphatic carbocycles. The average molecular weight is 329 g/mol. The Balaban J connectivity index is 2.21. The van der Waals surface area contributed by atoms with E-state index < -0.39 is 22.8 Å². The van der Waals surface area contributed by atoms with E-state index in [9.17, 15) is 28.4 Å². The second-order valence-electron chi connectivity index (χ2n) is 5.09. The minimum atomic E-state index is -4.44. The molecule has 124 valence electrons. The Hall–Kier alpha value is -2.42. The van der Waals surface area contributed by atoms with Gasteiger partial charge in [0.25, 0.3) is 0 Å². The van der Waals surface area contributed by atoms with Gasteiger partial charge in [0.2, 0.25) is 0 Å². The normalized spacial score (nSPS) is 13.1. The highest BCUT2D eigenvalue weighted by Crippen LogP contribution is 2.30. The number of nitro groups is 1. The summed E-state index contributed by atoms with van der Waals surface area (Å²) >= 11 is 0. The summed E-state index contributed by atoms with van der Waals surface area (Å²) in [7, 11) is 0. The zero-order valence-electron chi connectivity index (χ0n) is 12.3. The number of hydrogen-bond donors (Lipinski definition) is 1. The molecule has 0 amide bonds. The van der Waals surface area contributed by atoms with E-state index in [4.69, 9.17) is 0 Å². The van der Waals surface area contributed by atoms with Crippen LogP contribution in [0.4, 0.5) is 18.9 Å². The summed E-state index contributed by atoms with van der Waals surface area (Å²) in [6.07, 6.45) is -5.57. The number of alkyl halides is 3. The molecular weight excluding hydrogens is 315 g/mol. The molecule has 9 heteroatoms. The standard InChI is InChI=1S/C14H14F3N3O3/c1-8-13(20(22)23)9(2)19(18-8)7-12(21)10-3-5-11(6-4-10)14(15,16)17/h3-6,12,21H,7H2,1-2H3. The molecule has 1 atom stereocenters. The summed E-state index contributed by atoms with van der Waals surface area (Å²) in [4.78, 5) is 10.4. The lowest BCUT2D eigenvalue weighted by Crippen LogP contribution is -2.12. The van der Waals surface area contributed by atoms with Crippen molar-refractivity contribution in [2.24, 2.45) is 0 Å². The first-order valence-corrected chi connectivity index (χ1v) is 6.65. The van der Waals surface area contributed by atoms with Gasteiger partial charge < -0.3 is 5.11 Å². The van der Waals surface area contributed by atoms with Gasteiger partial charge in [0.05, 0.1) is 23.1 Å². The summed E-state index contributed by atoms with van der Waals surface area (Å²) in [5.74, 6) is 0. The SMILES string of the molecule is Cc1nn(CC(O)c2ccc(C(F)(F)F)cc2)c(C)c1[N+](=O)[O-]. The third-order valence-electron chi connectivity index (χ3n) is 3.49. The lowest BCUT2D eigenvalue weighted by molar-refractivity contribution is -0.386. The van der Waals surface area contributed by atoms with E-state index in [-0.39, 0.29) is 29.2 Å². The van der Waals surface area contributed by atoms with Gasteiger partial charge in [-0.25, -0.2) is 0 Å². The molecule has 0 spiro atoms. The lowest BCUT2D eigenvalue weighted by atomic mass is 10.1. The molecule has 0 fully saturated rings. The maximum absolute atomic E-state index is 12.5. The quantitative estimate of drug-likeness (QED) is 0.690. The number of benzene rings is 1. The lowest BCUT2D eigenvalue weighted by Gasteiger charge is -2.13.